The Bertz CT molecular complexity index is 935. The number of carbonyl (C=O) groups is 3. The van der Waals surface area contributed by atoms with Crippen LogP contribution in [-0.4, -0.2) is 17.3 Å². The fraction of sp³-hybridized carbons (Fsp3) is 0.211. The van der Waals surface area contributed by atoms with Crippen LogP contribution in [0, 0.1) is 5.92 Å². The van der Waals surface area contributed by atoms with Crippen LogP contribution in [0.5, 0.6) is 0 Å². The highest BCUT2D eigenvalue weighted by atomic mass is 35.5. The maximum absolute atomic E-state index is 12.8. The summed E-state index contributed by atoms with van der Waals surface area (Å²) in [6, 6.07) is 7.16. The predicted molar refractivity (Wildman–Crippen MR) is 95.1 cm³/mol. The molecule has 0 fully saturated rings. The summed E-state index contributed by atoms with van der Waals surface area (Å²) in [6.45, 7) is 4.17. The Kier molecular flexibility index (Phi) is 4.67. The lowest BCUT2D eigenvalue weighted by atomic mass is 9.92. The molecule has 0 unspecified atom stereocenters. The Hall–Kier alpha value is -2.17. The van der Waals surface area contributed by atoms with Crippen molar-refractivity contribution in [3.05, 3.63) is 63.6 Å². The van der Waals surface area contributed by atoms with E-state index in [1.165, 1.54) is 0 Å². The van der Waals surface area contributed by atoms with E-state index >= 15 is 0 Å². The molecule has 1 aromatic heterocycles. The van der Waals surface area contributed by atoms with Crippen molar-refractivity contribution in [2.75, 3.05) is 0 Å². The molecule has 0 bridgehead atoms. The second-order valence-corrected chi connectivity index (χ2v) is 7.02. The molecule has 0 saturated heterocycles. The summed E-state index contributed by atoms with van der Waals surface area (Å²) in [7, 11) is 0. The molecule has 25 heavy (non-hydrogen) atoms. The average molecular weight is 377 g/mol. The fourth-order valence-corrected chi connectivity index (χ4v) is 3.19. The third kappa shape index (κ3) is 3.08. The molecule has 4 nitrogen and oxygen atoms in total. The maximum atomic E-state index is 12.8. The van der Waals surface area contributed by atoms with E-state index in [1.54, 1.807) is 18.2 Å². The van der Waals surface area contributed by atoms with Crippen molar-refractivity contribution >= 4 is 45.6 Å². The number of hydrogen-bond donors (Lipinski definition) is 0. The third-order valence-corrected chi connectivity index (χ3v) is 4.71. The molecule has 1 aromatic carbocycles. The highest BCUT2D eigenvalue weighted by Gasteiger charge is 2.38. The lowest BCUT2D eigenvalue weighted by Gasteiger charge is -2.10. The monoisotopic (exact) mass is 376 g/mol. The number of carbonyl (C=O) groups excluding carboxylic acids is 3. The summed E-state index contributed by atoms with van der Waals surface area (Å²) in [5, 5.41) is -0.555. The number of rotatable bonds is 4. The summed E-state index contributed by atoms with van der Waals surface area (Å²) in [6.07, 6.45) is 1.97. The molecule has 6 heteroatoms. The van der Waals surface area contributed by atoms with Crippen molar-refractivity contribution < 1.29 is 18.8 Å². The van der Waals surface area contributed by atoms with Crippen LogP contribution in [0.4, 0.5) is 0 Å². The Morgan fingerprint density at radius 3 is 2.52 bits per heavy atom. The number of benzene rings is 1. The number of ketones is 3. The van der Waals surface area contributed by atoms with Crippen molar-refractivity contribution in [2.45, 2.75) is 20.3 Å². The maximum Gasteiger partial charge on any atom is 0.246 e. The van der Waals surface area contributed by atoms with Gasteiger partial charge in [-0.3, -0.25) is 14.4 Å². The van der Waals surface area contributed by atoms with Gasteiger partial charge in [0.25, 0.3) is 0 Å². The highest BCUT2D eigenvalue weighted by Crippen LogP contribution is 2.37. The molecule has 0 saturated carbocycles. The second kappa shape index (κ2) is 6.62. The third-order valence-electron chi connectivity index (χ3n) is 3.89. The van der Waals surface area contributed by atoms with Crippen LogP contribution in [0.2, 0.25) is 0 Å². The molecular formula is C19H14Cl2O4. The SMILES string of the molecule is CC(C)Cc1cccc(C(=O)c2coc3c2C(=O)C(=O)C(Cl)=C3Cl)c1. The Morgan fingerprint density at radius 2 is 1.84 bits per heavy atom. The lowest BCUT2D eigenvalue weighted by Crippen LogP contribution is -2.22. The number of fused-ring (bicyclic) bond motifs is 1. The van der Waals surface area contributed by atoms with E-state index in [0.29, 0.717) is 11.5 Å². The van der Waals surface area contributed by atoms with Gasteiger partial charge in [-0.15, -0.1) is 0 Å². The van der Waals surface area contributed by atoms with E-state index in [4.69, 9.17) is 27.6 Å². The minimum Gasteiger partial charge on any atom is -0.462 e. The van der Waals surface area contributed by atoms with Crippen LogP contribution in [0.15, 0.2) is 40.0 Å². The molecule has 2 aromatic rings. The molecule has 1 aliphatic rings. The molecular weight excluding hydrogens is 363 g/mol. The number of Topliss-reactive ketones (excluding diaryl/α,β-unsaturated/α-hetero) is 2. The standard InChI is InChI=1S/C19H14Cl2O4/c1-9(2)6-10-4-3-5-11(7-10)16(22)12-8-25-19-13(12)17(23)18(24)14(20)15(19)21/h3-5,7-9H,6H2,1-2H3. The smallest absolute Gasteiger partial charge is 0.246 e. The Balaban J connectivity index is 2.05. The average Bonchev–Trinajstić information content (AvgIpc) is 3.02. The minimum absolute atomic E-state index is 0.0114. The molecule has 128 valence electrons. The van der Waals surface area contributed by atoms with Gasteiger partial charge in [-0.1, -0.05) is 55.2 Å². The summed E-state index contributed by atoms with van der Waals surface area (Å²) in [5.74, 6) is -1.84. The van der Waals surface area contributed by atoms with Gasteiger partial charge in [0.2, 0.25) is 11.6 Å². The van der Waals surface area contributed by atoms with Crippen molar-refractivity contribution in [3.63, 3.8) is 0 Å². The van der Waals surface area contributed by atoms with Gasteiger partial charge in [0.1, 0.15) is 16.3 Å². The predicted octanol–water partition coefficient (Wildman–Crippen LogP) is 4.62. The van der Waals surface area contributed by atoms with Crippen LogP contribution in [-0.2, 0) is 11.2 Å². The molecule has 0 spiro atoms. The normalized spacial score (nSPS) is 14.3. The zero-order valence-electron chi connectivity index (χ0n) is 13.6. The van der Waals surface area contributed by atoms with Crippen LogP contribution in [0.1, 0.15) is 51.5 Å². The number of halogens is 2. The van der Waals surface area contributed by atoms with Gasteiger partial charge in [-0.25, -0.2) is 0 Å². The van der Waals surface area contributed by atoms with Gasteiger partial charge >= 0.3 is 0 Å². The first-order valence-electron chi connectivity index (χ1n) is 7.71. The largest absolute Gasteiger partial charge is 0.462 e. The zero-order chi connectivity index (χ0) is 18.3. The van der Waals surface area contributed by atoms with Crippen molar-refractivity contribution in [1.29, 1.82) is 0 Å². The van der Waals surface area contributed by atoms with E-state index < -0.39 is 22.4 Å². The van der Waals surface area contributed by atoms with Crippen LogP contribution < -0.4 is 0 Å². The summed E-state index contributed by atoms with van der Waals surface area (Å²) < 4.78 is 5.26. The van der Waals surface area contributed by atoms with Crippen LogP contribution >= 0.6 is 23.2 Å². The number of hydrogen-bond acceptors (Lipinski definition) is 4. The number of furan rings is 1. The quantitative estimate of drug-likeness (QED) is 0.576. The van der Waals surface area contributed by atoms with Crippen LogP contribution in [0.3, 0.4) is 0 Å². The van der Waals surface area contributed by atoms with E-state index in [2.05, 4.69) is 13.8 Å². The van der Waals surface area contributed by atoms with E-state index in [-0.39, 0.29) is 21.9 Å². The van der Waals surface area contributed by atoms with E-state index in [9.17, 15) is 14.4 Å². The lowest BCUT2D eigenvalue weighted by molar-refractivity contribution is -0.111. The molecule has 3 rings (SSSR count). The van der Waals surface area contributed by atoms with Crippen molar-refractivity contribution in [1.82, 2.24) is 0 Å². The van der Waals surface area contributed by atoms with E-state index in [0.717, 1.165) is 18.2 Å². The molecule has 1 heterocycles. The molecule has 0 amide bonds. The summed E-state index contributed by atoms with van der Waals surface area (Å²) in [4.78, 5) is 37.0. The first-order chi connectivity index (χ1) is 11.8. The van der Waals surface area contributed by atoms with Gasteiger partial charge in [0.15, 0.2) is 11.5 Å². The van der Waals surface area contributed by atoms with E-state index in [1.807, 2.05) is 6.07 Å². The molecule has 1 aliphatic carbocycles. The summed E-state index contributed by atoms with van der Waals surface area (Å²) in [5.41, 5.74) is 1.32. The van der Waals surface area contributed by atoms with Gasteiger partial charge < -0.3 is 4.42 Å². The zero-order valence-corrected chi connectivity index (χ0v) is 15.1. The molecule has 0 atom stereocenters. The fourth-order valence-electron chi connectivity index (χ4n) is 2.79. The van der Waals surface area contributed by atoms with Gasteiger partial charge in [0.05, 0.1) is 11.1 Å². The van der Waals surface area contributed by atoms with Gasteiger partial charge in [-0.05, 0) is 24.0 Å². The van der Waals surface area contributed by atoms with Crippen molar-refractivity contribution in [2.24, 2.45) is 5.92 Å². The Labute approximate surface area is 154 Å². The highest BCUT2D eigenvalue weighted by molar-refractivity contribution is 6.71. The molecule has 0 aliphatic heterocycles. The van der Waals surface area contributed by atoms with Gasteiger partial charge in [-0.2, -0.15) is 0 Å². The van der Waals surface area contributed by atoms with Gasteiger partial charge in [0, 0.05) is 5.56 Å². The Morgan fingerprint density at radius 1 is 1.12 bits per heavy atom. The molecule has 0 radical (unpaired) electrons. The summed E-state index contributed by atoms with van der Waals surface area (Å²) >= 11 is 11.7. The topological polar surface area (TPSA) is 64.3 Å². The first-order valence-corrected chi connectivity index (χ1v) is 8.46. The minimum atomic E-state index is -0.942. The molecule has 0 N–H and O–H groups in total. The van der Waals surface area contributed by atoms with Crippen molar-refractivity contribution in [3.8, 4) is 0 Å². The van der Waals surface area contributed by atoms with Crippen LogP contribution in [0.25, 0.3) is 5.03 Å². The second-order valence-electron chi connectivity index (χ2n) is 6.27. The number of allylic oxidation sites excluding steroid dienone is 1. The first kappa shape index (κ1) is 17.6.